The lowest BCUT2D eigenvalue weighted by molar-refractivity contribution is -0.0721. The molecule has 0 unspecified atom stereocenters. The van der Waals surface area contributed by atoms with Gasteiger partial charge in [0.05, 0.1) is 12.7 Å². The van der Waals surface area contributed by atoms with Gasteiger partial charge in [0.15, 0.2) is 0 Å². The number of likely N-dealkylation sites (tertiary alicyclic amines) is 1. The highest BCUT2D eigenvalue weighted by Gasteiger charge is 2.43. The topological polar surface area (TPSA) is 76.9 Å². The number of carbonyl (C=O) groups excluding carboxylic acids is 1. The second kappa shape index (κ2) is 7.70. The Morgan fingerprint density at radius 1 is 1.57 bits per heavy atom. The highest BCUT2D eigenvalue weighted by Crippen LogP contribution is 2.35. The molecule has 2 rings (SSSR count). The fourth-order valence-electron chi connectivity index (χ4n) is 3.21. The van der Waals surface area contributed by atoms with Crippen molar-refractivity contribution in [3.05, 3.63) is 16.1 Å². The van der Waals surface area contributed by atoms with Crippen LogP contribution in [0.2, 0.25) is 0 Å². The fourth-order valence-corrected chi connectivity index (χ4v) is 4.10. The van der Waals surface area contributed by atoms with E-state index in [0.717, 1.165) is 11.4 Å². The van der Waals surface area contributed by atoms with Crippen LogP contribution in [0.3, 0.4) is 0 Å². The van der Waals surface area contributed by atoms with Gasteiger partial charge in [-0.1, -0.05) is 13.3 Å². The van der Waals surface area contributed by atoms with Gasteiger partial charge in [-0.05, 0) is 26.9 Å². The minimum Gasteiger partial charge on any atom is -0.396 e. The van der Waals surface area contributed by atoms with Crippen molar-refractivity contribution in [2.75, 3.05) is 33.8 Å². The summed E-state index contributed by atoms with van der Waals surface area (Å²) < 4.78 is 0. The van der Waals surface area contributed by atoms with Gasteiger partial charge >= 0.3 is 0 Å². The van der Waals surface area contributed by atoms with Crippen LogP contribution < -0.4 is 0 Å². The molecule has 1 saturated heterocycles. The van der Waals surface area contributed by atoms with Crippen LogP contribution in [0.1, 0.15) is 41.7 Å². The first-order chi connectivity index (χ1) is 10.9. The van der Waals surface area contributed by atoms with Crippen molar-refractivity contribution in [1.82, 2.24) is 14.8 Å². The van der Waals surface area contributed by atoms with E-state index in [-0.39, 0.29) is 12.5 Å². The zero-order chi connectivity index (χ0) is 17.0. The Balaban J connectivity index is 2.11. The maximum absolute atomic E-state index is 12.7. The third kappa shape index (κ3) is 4.09. The van der Waals surface area contributed by atoms with E-state index in [1.807, 2.05) is 25.9 Å². The second-order valence-corrected chi connectivity index (χ2v) is 7.61. The Morgan fingerprint density at radius 2 is 2.30 bits per heavy atom. The third-order valence-corrected chi connectivity index (χ3v) is 5.29. The lowest BCUT2D eigenvalue weighted by atomic mass is 9.74. The molecule has 0 radical (unpaired) electrons. The third-order valence-electron chi connectivity index (χ3n) is 4.46. The quantitative estimate of drug-likeness (QED) is 0.813. The summed E-state index contributed by atoms with van der Waals surface area (Å²) in [6.07, 6.45) is 1.51. The number of amides is 1. The molecule has 23 heavy (non-hydrogen) atoms. The van der Waals surface area contributed by atoms with Crippen molar-refractivity contribution in [2.24, 2.45) is 5.41 Å². The Kier molecular flexibility index (Phi) is 6.13. The predicted molar refractivity (Wildman–Crippen MR) is 90.5 cm³/mol. The SMILES string of the molecule is CCC[C@@]1(CO)CN(C(=O)c2csc(CN(C)C)n2)CC[C@H]1O. The van der Waals surface area contributed by atoms with Crippen LogP contribution in [0, 0.1) is 5.41 Å². The van der Waals surface area contributed by atoms with E-state index >= 15 is 0 Å². The molecular formula is C16H27N3O3S. The van der Waals surface area contributed by atoms with Crippen LogP contribution in [0.4, 0.5) is 0 Å². The van der Waals surface area contributed by atoms with Gasteiger partial charge in [0, 0.05) is 30.4 Å². The van der Waals surface area contributed by atoms with Crippen molar-refractivity contribution in [1.29, 1.82) is 0 Å². The minimum atomic E-state index is -0.606. The number of aliphatic hydroxyl groups is 2. The number of piperidine rings is 1. The van der Waals surface area contributed by atoms with E-state index in [1.54, 1.807) is 10.3 Å². The normalized spacial score (nSPS) is 25.1. The Labute approximate surface area is 141 Å². The van der Waals surface area contributed by atoms with E-state index in [0.29, 0.717) is 38.2 Å². The highest BCUT2D eigenvalue weighted by molar-refractivity contribution is 7.09. The van der Waals surface area contributed by atoms with Gasteiger partial charge in [0.2, 0.25) is 0 Å². The Bertz CT molecular complexity index is 534. The molecular weight excluding hydrogens is 314 g/mol. The standard InChI is InChI=1S/C16H27N3O3S/c1-4-6-16(11-20)10-19(7-5-13(16)21)15(22)12-9-23-14(17-12)8-18(2)3/h9,13,20-21H,4-8,10-11H2,1-3H3/t13-,16+/m1/s1. The van der Waals surface area contributed by atoms with Crippen LogP contribution in [-0.2, 0) is 6.54 Å². The molecule has 1 aliphatic heterocycles. The molecule has 0 aliphatic carbocycles. The van der Waals surface area contributed by atoms with E-state index in [1.165, 1.54) is 11.3 Å². The minimum absolute atomic E-state index is 0.102. The molecule has 1 amide bonds. The summed E-state index contributed by atoms with van der Waals surface area (Å²) in [4.78, 5) is 20.9. The molecule has 2 heterocycles. The maximum Gasteiger partial charge on any atom is 0.273 e. The molecule has 1 aromatic heterocycles. The summed E-state index contributed by atoms with van der Waals surface area (Å²) in [6, 6.07) is 0. The van der Waals surface area contributed by atoms with E-state index in [4.69, 9.17) is 0 Å². The summed E-state index contributed by atoms with van der Waals surface area (Å²) in [5.41, 5.74) is -0.142. The van der Waals surface area contributed by atoms with E-state index in [2.05, 4.69) is 4.98 Å². The van der Waals surface area contributed by atoms with Gasteiger partial charge in [-0.15, -0.1) is 11.3 Å². The van der Waals surface area contributed by atoms with Gasteiger partial charge in [-0.2, -0.15) is 0 Å². The molecule has 2 N–H and O–H groups in total. The monoisotopic (exact) mass is 341 g/mol. The van der Waals surface area contributed by atoms with Crippen LogP contribution in [0.15, 0.2) is 5.38 Å². The van der Waals surface area contributed by atoms with Crippen LogP contribution in [-0.4, -0.2) is 70.8 Å². The van der Waals surface area contributed by atoms with Gasteiger partial charge in [0.1, 0.15) is 10.7 Å². The van der Waals surface area contributed by atoms with Crippen LogP contribution in [0.25, 0.3) is 0 Å². The van der Waals surface area contributed by atoms with Crippen molar-refractivity contribution >= 4 is 17.2 Å². The summed E-state index contributed by atoms with van der Waals surface area (Å²) in [5, 5.41) is 22.8. The first-order valence-corrected chi connectivity index (χ1v) is 8.97. The average Bonchev–Trinajstić information content (AvgIpc) is 2.96. The summed E-state index contributed by atoms with van der Waals surface area (Å²) in [6.45, 7) is 3.53. The number of aromatic nitrogens is 1. The largest absolute Gasteiger partial charge is 0.396 e. The number of aliphatic hydroxyl groups excluding tert-OH is 2. The van der Waals surface area contributed by atoms with Gasteiger partial charge in [-0.3, -0.25) is 4.79 Å². The number of thiazole rings is 1. The summed E-state index contributed by atoms with van der Waals surface area (Å²) >= 11 is 1.49. The van der Waals surface area contributed by atoms with Gasteiger partial charge < -0.3 is 20.0 Å². The summed E-state index contributed by atoms with van der Waals surface area (Å²) in [7, 11) is 3.94. The molecule has 1 aromatic rings. The lowest BCUT2D eigenvalue weighted by Crippen LogP contribution is -2.55. The number of hydrogen-bond acceptors (Lipinski definition) is 6. The number of nitrogens with zero attached hydrogens (tertiary/aromatic N) is 3. The average molecular weight is 341 g/mol. The predicted octanol–water partition coefficient (Wildman–Crippen LogP) is 1.19. The molecule has 2 atom stereocenters. The lowest BCUT2D eigenvalue weighted by Gasteiger charge is -2.45. The first kappa shape index (κ1) is 18.3. The van der Waals surface area contributed by atoms with Crippen molar-refractivity contribution < 1.29 is 15.0 Å². The van der Waals surface area contributed by atoms with Gasteiger partial charge in [-0.25, -0.2) is 4.98 Å². The first-order valence-electron chi connectivity index (χ1n) is 8.09. The number of hydrogen-bond donors (Lipinski definition) is 2. The molecule has 0 spiro atoms. The maximum atomic E-state index is 12.7. The van der Waals surface area contributed by atoms with Crippen molar-refractivity contribution in [2.45, 2.75) is 38.8 Å². The second-order valence-electron chi connectivity index (χ2n) is 6.67. The molecule has 7 heteroatoms. The Morgan fingerprint density at radius 3 is 2.91 bits per heavy atom. The fraction of sp³-hybridized carbons (Fsp3) is 0.750. The van der Waals surface area contributed by atoms with E-state index in [9.17, 15) is 15.0 Å². The molecule has 1 aliphatic rings. The molecule has 0 aromatic carbocycles. The molecule has 0 bridgehead atoms. The highest BCUT2D eigenvalue weighted by atomic mass is 32.1. The summed E-state index contributed by atoms with van der Waals surface area (Å²) in [5.74, 6) is -0.105. The molecule has 6 nitrogen and oxygen atoms in total. The van der Waals surface area contributed by atoms with E-state index < -0.39 is 11.5 Å². The zero-order valence-corrected chi connectivity index (χ0v) is 15.0. The molecule has 130 valence electrons. The number of rotatable bonds is 6. The van der Waals surface area contributed by atoms with Crippen molar-refractivity contribution in [3.8, 4) is 0 Å². The Hall–Kier alpha value is -1.02. The van der Waals surface area contributed by atoms with Crippen LogP contribution >= 0.6 is 11.3 Å². The zero-order valence-electron chi connectivity index (χ0n) is 14.2. The molecule has 1 fully saturated rings. The van der Waals surface area contributed by atoms with Crippen LogP contribution in [0.5, 0.6) is 0 Å². The smallest absolute Gasteiger partial charge is 0.273 e. The van der Waals surface area contributed by atoms with Gasteiger partial charge in [0.25, 0.3) is 5.91 Å². The molecule has 0 saturated carbocycles. The van der Waals surface area contributed by atoms with Crippen molar-refractivity contribution in [3.63, 3.8) is 0 Å². The number of carbonyl (C=O) groups is 1.